The Morgan fingerprint density at radius 2 is 1.82 bits per heavy atom. The molecule has 2 aromatic rings. The Balaban J connectivity index is 2.16. The molecule has 2 rings (SSSR count). The van der Waals surface area contributed by atoms with Crippen molar-refractivity contribution in [3.05, 3.63) is 58.4 Å². The number of ether oxygens (including phenoxy) is 1. The van der Waals surface area contributed by atoms with Gasteiger partial charge in [0.1, 0.15) is 24.0 Å². The summed E-state index contributed by atoms with van der Waals surface area (Å²) in [6, 6.07) is 8.38. The number of aromatic nitrogens is 1. The molecule has 0 aliphatic carbocycles. The second-order valence-electron chi connectivity index (χ2n) is 4.82. The van der Waals surface area contributed by atoms with Crippen LogP contribution in [0.4, 0.5) is 13.2 Å². The maximum atomic E-state index is 12.5. The van der Waals surface area contributed by atoms with Gasteiger partial charge in [0.25, 0.3) is 0 Å². The molecule has 0 unspecified atom stereocenters. The van der Waals surface area contributed by atoms with E-state index in [1.165, 1.54) is 12.1 Å². The maximum Gasteiger partial charge on any atom is 0.416 e. The van der Waals surface area contributed by atoms with Crippen molar-refractivity contribution in [2.45, 2.75) is 26.6 Å². The molecule has 0 saturated carbocycles. The number of nitrogens with zero attached hydrogens (tertiary/aromatic N) is 2. The smallest absolute Gasteiger partial charge is 0.416 e. The molecule has 0 fully saturated rings. The van der Waals surface area contributed by atoms with Crippen LogP contribution in [0.5, 0.6) is 5.75 Å². The Morgan fingerprint density at radius 3 is 2.36 bits per heavy atom. The van der Waals surface area contributed by atoms with Gasteiger partial charge in [0.2, 0.25) is 0 Å². The Bertz CT molecular complexity index is 716. The summed E-state index contributed by atoms with van der Waals surface area (Å²) in [7, 11) is 0. The minimum atomic E-state index is -4.35. The number of hydrogen-bond acceptors (Lipinski definition) is 3. The van der Waals surface area contributed by atoms with Crippen molar-refractivity contribution in [2.75, 3.05) is 0 Å². The van der Waals surface area contributed by atoms with E-state index in [0.717, 1.165) is 12.1 Å². The lowest BCUT2D eigenvalue weighted by atomic mass is 10.1. The van der Waals surface area contributed by atoms with Crippen molar-refractivity contribution in [1.82, 2.24) is 4.98 Å². The van der Waals surface area contributed by atoms with Gasteiger partial charge >= 0.3 is 6.18 Å². The van der Waals surface area contributed by atoms with Crippen LogP contribution in [-0.2, 0) is 12.8 Å². The van der Waals surface area contributed by atoms with Crippen molar-refractivity contribution in [3.8, 4) is 11.8 Å². The molecular weight excluding hydrogens is 293 g/mol. The van der Waals surface area contributed by atoms with Crippen molar-refractivity contribution >= 4 is 0 Å². The molecule has 0 radical (unpaired) electrons. The number of nitriles is 1. The van der Waals surface area contributed by atoms with Gasteiger partial charge in [0.15, 0.2) is 0 Å². The molecule has 1 aromatic carbocycles. The highest BCUT2D eigenvalue weighted by Crippen LogP contribution is 2.29. The van der Waals surface area contributed by atoms with E-state index in [0.29, 0.717) is 28.3 Å². The van der Waals surface area contributed by atoms with E-state index >= 15 is 0 Å². The van der Waals surface area contributed by atoms with Crippen LogP contribution in [0.2, 0.25) is 0 Å². The van der Waals surface area contributed by atoms with Crippen molar-refractivity contribution < 1.29 is 17.9 Å². The first-order valence-electron chi connectivity index (χ1n) is 6.48. The zero-order valence-electron chi connectivity index (χ0n) is 12.0. The summed E-state index contributed by atoms with van der Waals surface area (Å²) >= 11 is 0. The Morgan fingerprint density at radius 1 is 1.18 bits per heavy atom. The fourth-order valence-electron chi connectivity index (χ4n) is 1.99. The van der Waals surface area contributed by atoms with Crippen LogP contribution in [0.1, 0.15) is 28.1 Å². The minimum absolute atomic E-state index is 0.0791. The SMILES string of the molecule is Cc1cc(OCc2ccc(C(F)(F)F)cc2)c(C#N)c(C)n1. The highest BCUT2D eigenvalue weighted by molar-refractivity contribution is 5.46. The van der Waals surface area contributed by atoms with Crippen LogP contribution in [0.15, 0.2) is 30.3 Å². The molecule has 0 bridgehead atoms. The van der Waals surface area contributed by atoms with Gasteiger partial charge in [-0.25, -0.2) is 0 Å². The van der Waals surface area contributed by atoms with Gasteiger partial charge < -0.3 is 4.74 Å². The number of benzene rings is 1. The summed E-state index contributed by atoms with van der Waals surface area (Å²) in [4.78, 5) is 4.17. The molecule has 0 aliphatic rings. The van der Waals surface area contributed by atoms with Crippen LogP contribution in [0.25, 0.3) is 0 Å². The number of hydrogen-bond donors (Lipinski definition) is 0. The first kappa shape index (κ1) is 15.8. The highest BCUT2D eigenvalue weighted by Gasteiger charge is 2.29. The number of aryl methyl sites for hydroxylation is 2. The van der Waals surface area contributed by atoms with E-state index in [1.807, 2.05) is 6.07 Å². The van der Waals surface area contributed by atoms with Gasteiger partial charge in [-0.1, -0.05) is 12.1 Å². The quantitative estimate of drug-likeness (QED) is 0.855. The third-order valence-electron chi connectivity index (χ3n) is 3.08. The molecule has 0 atom stereocenters. The van der Waals surface area contributed by atoms with Crippen LogP contribution >= 0.6 is 0 Å². The zero-order valence-corrected chi connectivity index (χ0v) is 12.0. The lowest BCUT2D eigenvalue weighted by Gasteiger charge is -2.11. The highest BCUT2D eigenvalue weighted by atomic mass is 19.4. The number of halogens is 3. The Hall–Kier alpha value is -2.55. The molecule has 0 spiro atoms. The normalized spacial score (nSPS) is 11.1. The molecule has 0 aliphatic heterocycles. The van der Waals surface area contributed by atoms with Gasteiger partial charge in [-0.3, -0.25) is 4.98 Å². The summed E-state index contributed by atoms with van der Waals surface area (Å²) in [5, 5.41) is 9.12. The van der Waals surface area contributed by atoms with Gasteiger partial charge in [-0.15, -0.1) is 0 Å². The average molecular weight is 306 g/mol. The van der Waals surface area contributed by atoms with E-state index in [-0.39, 0.29) is 6.61 Å². The van der Waals surface area contributed by atoms with Gasteiger partial charge in [0, 0.05) is 11.8 Å². The van der Waals surface area contributed by atoms with Crippen molar-refractivity contribution in [2.24, 2.45) is 0 Å². The van der Waals surface area contributed by atoms with Gasteiger partial charge in [0.05, 0.1) is 11.3 Å². The summed E-state index contributed by atoms with van der Waals surface area (Å²) in [6.45, 7) is 3.56. The van der Waals surface area contributed by atoms with Crippen LogP contribution in [-0.4, -0.2) is 4.98 Å². The fourth-order valence-corrected chi connectivity index (χ4v) is 1.99. The number of alkyl halides is 3. The Kier molecular flexibility index (Phi) is 4.36. The molecule has 114 valence electrons. The topological polar surface area (TPSA) is 45.9 Å². The molecule has 1 heterocycles. The molecule has 6 heteroatoms. The average Bonchev–Trinajstić information content (AvgIpc) is 2.44. The monoisotopic (exact) mass is 306 g/mol. The first-order valence-corrected chi connectivity index (χ1v) is 6.48. The molecule has 22 heavy (non-hydrogen) atoms. The number of pyridine rings is 1. The molecule has 1 aromatic heterocycles. The minimum Gasteiger partial charge on any atom is -0.487 e. The van der Waals surface area contributed by atoms with Crippen LogP contribution < -0.4 is 4.74 Å². The maximum absolute atomic E-state index is 12.5. The summed E-state index contributed by atoms with van der Waals surface area (Å²) < 4.78 is 43.0. The second kappa shape index (κ2) is 6.06. The first-order chi connectivity index (χ1) is 10.3. The third-order valence-corrected chi connectivity index (χ3v) is 3.08. The van der Waals surface area contributed by atoms with Crippen molar-refractivity contribution in [3.63, 3.8) is 0 Å². The standard InChI is InChI=1S/C16H13F3N2O/c1-10-7-15(14(8-20)11(2)21-10)22-9-12-3-5-13(6-4-12)16(17,18)19/h3-7H,9H2,1-2H3. The molecule has 0 saturated heterocycles. The lowest BCUT2D eigenvalue weighted by molar-refractivity contribution is -0.137. The Labute approximate surface area is 126 Å². The largest absolute Gasteiger partial charge is 0.487 e. The molecule has 3 nitrogen and oxygen atoms in total. The predicted octanol–water partition coefficient (Wildman–Crippen LogP) is 4.17. The third kappa shape index (κ3) is 3.55. The van der Waals surface area contributed by atoms with E-state index in [4.69, 9.17) is 10.00 Å². The summed E-state index contributed by atoms with van der Waals surface area (Å²) in [6.07, 6.45) is -4.35. The number of rotatable bonds is 3. The van der Waals surface area contributed by atoms with E-state index < -0.39 is 11.7 Å². The predicted molar refractivity (Wildman–Crippen MR) is 74.2 cm³/mol. The lowest BCUT2D eigenvalue weighted by Crippen LogP contribution is -2.05. The summed E-state index contributed by atoms with van der Waals surface area (Å²) in [5.41, 5.74) is 1.48. The molecular formula is C16H13F3N2O. The van der Waals surface area contributed by atoms with E-state index in [1.54, 1.807) is 19.9 Å². The van der Waals surface area contributed by atoms with E-state index in [9.17, 15) is 13.2 Å². The van der Waals surface area contributed by atoms with E-state index in [2.05, 4.69) is 4.98 Å². The van der Waals surface area contributed by atoms with Crippen molar-refractivity contribution in [1.29, 1.82) is 5.26 Å². The van der Waals surface area contributed by atoms with Crippen LogP contribution in [0.3, 0.4) is 0 Å². The van der Waals surface area contributed by atoms with Crippen LogP contribution in [0, 0.1) is 25.2 Å². The zero-order chi connectivity index (χ0) is 16.3. The second-order valence-corrected chi connectivity index (χ2v) is 4.82. The molecule has 0 amide bonds. The fraction of sp³-hybridized carbons (Fsp3) is 0.250. The van der Waals surface area contributed by atoms with Gasteiger partial charge in [-0.05, 0) is 31.5 Å². The van der Waals surface area contributed by atoms with Gasteiger partial charge in [-0.2, -0.15) is 18.4 Å². The summed E-state index contributed by atoms with van der Waals surface area (Å²) in [5.74, 6) is 0.382. The molecule has 0 N–H and O–H groups in total.